The van der Waals surface area contributed by atoms with Gasteiger partial charge < -0.3 is 15.2 Å². The fraction of sp³-hybridized carbons (Fsp3) is 0.571. The molecule has 3 nitrogen and oxygen atoms in total. The first kappa shape index (κ1) is 16.8. The number of benzene rings is 1. The topological polar surface area (TPSA) is 41.5 Å². The summed E-state index contributed by atoms with van der Waals surface area (Å²) < 4.78 is 41.2. The molecule has 0 heterocycles. The summed E-state index contributed by atoms with van der Waals surface area (Å²) in [5, 5.41) is 12.2. The third-order valence-corrected chi connectivity index (χ3v) is 2.79. The lowest BCUT2D eigenvalue weighted by Gasteiger charge is -2.16. The van der Waals surface area contributed by atoms with Crippen LogP contribution in [0, 0.1) is 13.8 Å². The number of nitrogens with one attached hydrogen (secondary N) is 1. The lowest BCUT2D eigenvalue weighted by Crippen LogP contribution is -2.33. The highest BCUT2D eigenvalue weighted by molar-refractivity contribution is 5.39. The highest BCUT2D eigenvalue weighted by Crippen LogP contribution is 2.22. The van der Waals surface area contributed by atoms with Crippen LogP contribution >= 0.6 is 0 Å². The van der Waals surface area contributed by atoms with Gasteiger partial charge in [-0.25, -0.2) is 0 Å². The van der Waals surface area contributed by atoms with Crippen molar-refractivity contribution in [2.24, 2.45) is 0 Å². The lowest BCUT2D eigenvalue weighted by atomic mass is 10.1. The Balaban J connectivity index is 2.28. The van der Waals surface area contributed by atoms with Crippen molar-refractivity contribution in [1.29, 1.82) is 0 Å². The van der Waals surface area contributed by atoms with E-state index in [9.17, 15) is 18.3 Å². The van der Waals surface area contributed by atoms with Crippen LogP contribution in [-0.4, -0.2) is 37.1 Å². The van der Waals surface area contributed by atoms with E-state index < -0.39 is 18.7 Å². The Morgan fingerprint density at radius 2 is 1.85 bits per heavy atom. The first-order valence-electron chi connectivity index (χ1n) is 6.44. The van der Waals surface area contributed by atoms with Crippen molar-refractivity contribution < 1.29 is 23.0 Å². The van der Waals surface area contributed by atoms with E-state index in [1.165, 1.54) is 0 Å². The quantitative estimate of drug-likeness (QED) is 0.759. The Bertz CT molecular complexity index is 401. The molecule has 0 aliphatic heterocycles. The summed E-state index contributed by atoms with van der Waals surface area (Å²) in [7, 11) is 0. The van der Waals surface area contributed by atoms with Crippen LogP contribution < -0.4 is 10.1 Å². The van der Waals surface area contributed by atoms with Crippen LogP contribution in [0.3, 0.4) is 0 Å². The summed E-state index contributed by atoms with van der Waals surface area (Å²) in [6, 6.07) is 5.71. The monoisotopic (exact) mass is 291 g/mol. The van der Waals surface area contributed by atoms with E-state index in [0.29, 0.717) is 5.75 Å². The molecule has 20 heavy (non-hydrogen) atoms. The lowest BCUT2D eigenvalue weighted by molar-refractivity contribution is -0.133. The second kappa shape index (κ2) is 7.50. The number of ether oxygens (including phenoxy) is 1. The molecule has 1 unspecified atom stereocenters. The molecule has 0 aromatic heterocycles. The molecule has 0 aliphatic carbocycles. The number of halogens is 3. The number of hydrogen-bond donors (Lipinski definition) is 2. The van der Waals surface area contributed by atoms with Crippen molar-refractivity contribution >= 4 is 0 Å². The van der Waals surface area contributed by atoms with E-state index in [4.69, 9.17) is 4.74 Å². The first-order valence-corrected chi connectivity index (χ1v) is 6.44. The molecule has 0 bridgehead atoms. The molecule has 1 atom stereocenters. The number of aliphatic hydroxyl groups is 1. The van der Waals surface area contributed by atoms with Crippen molar-refractivity contribution in [2.45, 2.75) is 32.5 Å². The van der Waals surface area contributed by atoms with Crippen LogP contribution in [0.2, 0.25) is 0 Å². The Morgan fingerprint density at radius 1 is 1.25 bits per heavy atom. The van der Waals surface area contributed by atoms with E-state index in [1.54, 1.807) is 0 Å². The van der Waals surface area contributed by atoms with Gasteiger partial charge in [-0.1, -0.05) is 18.2 Å². The third kappa shape index (κ3) is 6.25. The molecular weight excluding hydrogens is 271 g/mol. The highest BCUT2D eigenvalue weighted by atomic mass is 19.4. The minimum Gasteiger partial charge on any atom is -0.490 e. The fourth-order valence-electron chi connectivity index (χ4n) is 1.76. The minimum atomic E-state index is -4.17. The van der Waals surface area contributed by atoms with E-state index >= 15 is 0 Å². The predicted molar refractivity (Wildman–Crippen MR) is 71.0 cm³/mol. The largest absolute Gasteiger partial charge is 0.490 e. The molecule has 1 aromatic rings. The molecule has 1 aromatic carbocycles. The zero-order valence-electron chi connectivity index (χ0n) is 11.6. The number of para-hydroxylation sites is 1. The van der Waals surface area contributed by atoms with Crippen molar-refractivity contribution in [3.05, 3.63) is 29.3 Å². The van der Waals surface area contributed by atoms with Crippen molar-refractivity contribution in [2.75, 3.05) is 19.7 Å². The van der Waals surface area contributed by atoms with Gasteiger partial charge in [-0.3, -0.25) is 0 Å². The molecular formula is C14H20F3NO2. The van der Waals surface area contributed by atoms with Crippen LogP contribution in [0.25, 0.3) is 0 Å². The van der Waals surface area contributed by atoms with Crippen molar-refractivity contribution in [1.82, 2.24) is 5.32 Å². The Hall–Kier alpha value is -1.27. The maximum absolute atomic E-state index is 11.9. The van der Waals surface area contributed by atoms with Gasteiger partial charge in [0.1, 0.15) is 18.5 Å². The van der Waals surface area contributed by atoms with E-state index in [0.717, 1.165) is 11.1 Å². The van der Waals surface area contributed by atoms with Gasteiger partial charge in [0.2, 0.25) is 0 Å². The zero-order chi connectivity index (χ0) is 15.2. The number of hydrogen-bond acceptors (Lipinski definition) is 3. The predicted octanol–water partition coefficient (Wildman–Crippen LogP) is 2.59. The summed E-state index contributed by atoms with van der Waals surface area (Å²) in [6.07, 6.45) is -5.92. The van der Waals surface area contributed by atoms with Crippen LogP contribution in [-0.2, 0) is 0 Å². The second-order valence-corrected chi connectivity index (χ2v) is 4.76. The normalized spacial score (nSPS) is 13.3. The summed E-state index contributed by atoms with van der Waals surface area (Å²) >= 11 is 0. The van der Waals surface area contributed by atoms with Crippen LogP contribution in [0.4, 0.5) is 13.2 Å². The van der Waals surface area contributed by atoms with Crippen LogP contribution in [0.1, 0.15) is 17.5 Å². The van der Waals surface area contributed by atoms with E-state index in [2.05, 4.69) is 5.32 Å². The number of rotatable bonds is 7. The standard InChI is InChI=1S/C14H20F3NO2/c1-10-4-3-5-11(2)13(10)20-9-12(19)8-18-7-6-14(15,16)17/h3-5,12,18-19H,6-9H2,1-2H3. The maximum Gasteiger partial charge on any atom is 0.390 e. The molecule has 114 valence electrons. The molecule has 1 rings (SSSR count). The van der Waals surface area contributed by atoms with Gasteiger partial charge in [-0.15, -0.1) is 0 Å². The molecule has 6 heteroatoms. The summed E-state index contributed by atoms with van der Waals surface area (Å²) in [5.41, 5.74) is 1.92. The molecule has 0 saturated heterocycles. The molecule has 0 fully saturated rings. The average molecular weight is 291 g/mol. The van der Waals surface area contributed by atoms with Gasteiger partial charge in [-0.2, -0.15) is 13.2 Å². The molecule has 0 aliphatic rings. The molecule has 0 spiro atoms. The van der Waals surface area contributed by atoms with Gasteiger partial charge in [0.15, 0.2) is 0 Å². The Labute approximate surface area is 116 Å². The SMILES string of the molecule is Cc1cccc(C)c1OCC(O)CNCCC(F)(F)F. The van der Waals surface area contributed by atoms with Crippen LogP contribution in [0.5, 0.6) is 5.75 Å². The fourth-order valence-corrected chi connectivity index (χ4v) is 1.76. The highest BCUT2D eigenvalue weighted by Gasteiger charge is 2.26. The van der Waals surface area contributed by atoms with Crippen molar-refractivity contribution in [3.8, 4) is 5.75 Å². The third-order valence-electron chi connectivity index (χ3n) is 2.79. The van der Waals surface area contributed by atoms with Gasteiger partial charge in [0, 0.05) is 13.1 Å². The van der Waals surface area contributed by atoms with Gasteiger partial charge in [-0.05, 0) is 25.0 Å². The minimum absolute atomic E-state index is 0.0463. The Kier molecular flexibility index (Phi) is 6.29. The molecule has 2 N–H and O–H groups in total. The maximum atomic E-state index is 11.9. The van der Waals surface area contributed by atoms with Gasteiger partial charge >= 0.3 is 6.18 Å². The second-order valence-electron chi connectivity index (χ2n) is 4.76. The number of aliphatic hydroxyl groups excluding tert-OH is 1. The molecule has 0 radical (unpaired) electrons. The zero-order valence-corrected chi connectivity index (χ0v) is 11.6. The average Bonchev–Trinajstić information content (AvgIpc) is 2.33. The summed E-state index contributed by atoms with van der Waals surface area (Å²) in [6.45, 7) is 3.71. The molecule has 0 amide bonds. The van der Waals surface area contributed by atoms with E-state index in [1.807, 2.05) is 32.0 Å². The number of alkyl halides is 3. The van der Waals surface area contributed by atoms with E-state index in [-0.39, 0.29) is 19.7 Å². The molecule has 0 saturated carbocycles. The smallest absolute Gasteiger partial charge is 0.390 e. The van der Waals surface area contributed by atoms with Gasteiger partial charge in [0.05, 0.1) is 6.42 Å². The summed E-state index contributed by atoms with van der Waals surface area (Å²) in [4.78, 5) is 0. The Morgan fingerprint density at radius 3 is 2.40 bits per heavy atom. The van der Waals surface area contributed by atoms with Crippen molar-refractivity contribution in [3.63, 3.8) is 0 Å². The summed E-state index contributed by atoms with van der Waals surface area (Å²) in [5.74, 6) is 0.710. The first-order chi connectivity index (χ1) is 9.29. The van der Waals surface area contributed by atoms with Crippen LogP contribution in [0.15, 0.2) is 18.2 Å². The number of aryl methyl sites for hydroxylation is 2. The van der Waals surface area contributed by atoms with Gasteiger partial charge in [0.25, 0.3) is 0 Å².